The summed E-state index contributed by atoms with van der Waals surface area (Å²) in [4.78, 5) is 36.9. The number of fused-ring (bicyclic) bond motifs is 1. The first-order chi connectivity index (χ1) is 12.0. The summed E-state index contributed by atoms with van der Waals surface area (Å²) in [6.45, 7) is 5.50. The molecule has 25 heavy (non-hydrogen) atoms. The van der Waals surface area contributed by atoms with Gasteiger partial charge >= 0.3 is 11.9 Å². The third kappa shape index (κ3) is 4.68. The van der Waals surface area contributed by atoms with Crippen molar-refractivity contribution in [2.45, 2.75) is 59.5 Å². The maximum atomic E-state index is 12.7. The Hall–Kier alpha value is -2.17. The number of carbonyl (C=O) groups is 3. The van der Waals surface area contributed by atoms with Gasteiger partial charge in [0.15, 0.2) is 5.78 Å². The molecule has 1 aromatic carbocycles. The van der Waals surface area contributed by atoms with Crippen LogP contribution in [0.4, 0.5) is 0 Å². The van der Waals surface area contributed by atoms with Crippen molar-refractivity contribution >= 4 is 17.7 Å². The molecular formula is C20H26O5. The molecule has 5 nitrogen and oxygen atoms in total. The van der Waals surface area contributed by atoms with Gasteiger partial charge in [-0.05, 0) is 38.0 Å². The number of esters is 2. The van der Waals surface area contributed by atoms with Crippen LogP contribution in [0, 0.1) is 11.8 Å². The first-order valence-electron chi connectivity index (χ1n) is 9.00. The Morgan fingerprint density at radius 1 is 1.08 bits per heavy atom. The van der Waals surface area contributed by atoms with Gasteiger partial charge in [-0.1, -0.05) is 33.1 Å². The Labute approximate surface area is 148 Å². The fourth-order valence-corrected chi connectivity index (χ4v) is 3.15. The molecule has 1 aliphatic heterocycles. The van der Waals surface area contributed by atoms with E-state index in [1.165, 1.54) is 6.92 Å². The highest BCUT2D eigenvalue weighted by Crippen LogP contribution is 2.31. The van der Waals surface area contributed by atoms with Crippen molar-refractivity contribution in [2.24, 2.45) is 11.8 Å². The highest BCUT2D eigenvalue weighted by Gasteiger charge is 2.36. The second-order valence-corrected chi connectivity index (χ2v) is 6.55. The number of carbonyl (C=O) groups excluding carboxylic acids is 3. The van der Waals surface area contributed by atoms with E-state index in [2.05, 4.69) is 0 Å². The Bertz CT molecular complexity index is 649. The van der Waals surface area contributed by atoms with Gasteiger partial charge in [0.2, 0.25) is 0 Å². The first-order valence-corrected chi connectivity index (χ1v) is 9.00. The monoisotopic (exact) mass is 346 g/mol. The predicted octanol–water partition coefficient (Wildman–Crippen LogP) is 4.07. The highest BCUT2D eigenvalue weighted by atomic mass is 16.6. The quantitative estimate of drug-likeness (QED) is 0.441. The molecule has 0 fully saturated rings. The van der Waals surface area contributed by atoms with Crippen molar-refractivity contribution in [3.63, 3.8) is 0 Å². The van der Waals surface area contributed by atoms with Crippen molar-refractivity contribution in [3.8, 4) is 5.75 Å². The highest BCUT2D eigenvalue weighted by molar-refractivity contribution is 5.94. The molecule has 1 aromatic rings. The lowest BCUT2D eigenvalue weighted by molar-refractivity contribution is -0.157. The fourth-order valence-electron chi connectivity index (χ4n) is 3.15. The van der Waals surface area contributed by atoms with Gasteiger partial charge in [0.05, 0.1) is 11.8 Å². The maximum Gasteiger partial charge on any atom is 0.315 e. The number of hydrogen-bond acceptors (Lipinski definition) is 5. The second-order valence-electron chi connectivity index (χ2n) is 6.55. The van der Waals surface area contributed by atoms with E-state index in [9.17, 15) is 14.4 Å². The van der Waals surface area contributed by atoms with Crippen molar-refractivity contribution in [1.82, 2.24) is 0 Å². The molecule has 0 amide bonds. The van der Waals surface area contributed by atoms with Gasteiger partial charge in [0, 0.05) is 11.1 Å². The van der Waals surface area contributed by atoms with Crippen molar-refractivity contribution in [3.05, 3.63) is 29.3 Å². The van der Waals surface area contributed by atoms with E-state index in [1.54, 1.807) is 18.2 Å². The van der Waals surface area contributed by atoms with Crippen LogP contribution in [0.2, 0.25) is 0 Å². The van der Waals surface area contributed by atoms with Crippen LogP contribution in [0.3, 0.4) is 0 Å². The largest absolute Gasteiger partial charge is 0.460 e. The average molecular weight is 346 g/mol. The number of rotatable bonds is 6. The van der Waals surface area contributed by atoms with Crippen LogP contribution in [0.5, 0.6) is 5.75 Å². The summed E-state index contributed by atoms with van der Waals surface area (Å²) in [5.74, 6) is -1.45. The molecule has 0 saturated heterocycles. The van der Waals surface area contributed by atoms with Crippen LogP contribution < -0.4 is 4.74 Å². The number of cyclic esters (lactones) is 1. The number of ether oxygens (including phenoxy) is 2. The number of ketones is 1. The lowest BCUT2D eigenvalue weighted by Gasteiger charge is -2.22. The van der Waals surface area contributed by atoms with E-state index in [0.717, 1.165) is 19.3 Å². The minimum Gasteiger partial charge on any atom is -0.460 e. The summed E-state index contributed by atoms with van der Waals surface area (Å²) in [5.41, 5.74) is 1.04. The molecule has 2 atom stereocenters. The van der Waals surface area contributed by atoms with Crippen molar-refractivity contribution < 1.29 is 23.9 Å². The number of Topliss-reactive ketones (excluding diaryl/α,β-unsaturated/α-hetero) is 1. The van der Waals surface area contributed by atoms with Gasteiger partial charge in [-0.15, -0.1) is 0 Å². The zero-order valence-electron chi connectivity index (χ0n) is 15.2. The maximum absolute atomic E-state index is 12.7. The van der Waals surface area contributed by atoms with Crippen molar-refractivity contribution in [1.29, 1.82) is 0 Å². The summed E-state index contributed by atoms with van der Waals surface area (Å²) in [6, 6.07) is 4.85. The van der Waals surface area contributed by atoms with Crippen LogP contribution in [-0.4, -0.2) is 17.7 Å². The Kier molecular flexibility index (Phi) is 6.73. The van der Waals surface area contributed by atoms with Gasteiger partial charge in [-0.2, -0.15) is 0 Å². The lowest BCUT2D eigenvalue weighted by Crippen LogP contribution is -2.33. The smallest absolute Gasteiger partial charge is 0.315 e. The molecule has 0 N–H and O–H groups in total. The molecule has 0 bridgehead atoms. The fraction of sp³-hybridized carbons (Fsp3) is 0.550. The van der Waals surface area contributed by atoms with Crippen LogP contribution in [-0.2, 0) is 20.9 Å². The summed E-state index contributed by atoms with van der Waals surface area (Å²) in [5, 5.41) is 0. The number of benzene rings is 1. The molecule has 0 spiro atoms. The molecule has 0 aliphatic carbocycles. The van der Waals surface area contributed by atoms with E-state index < -0.39 is 11.8 Å². The third-order valence-corrected chi connectivity index (χ3v) is 4.61. The average Bonchev–Trinajstić information content (AvgIpc) is 2.63. The van der Waals surface area contributed by atoms with Crippen LogP contribution in [0.15, 0.2) is 18.2 Å². The van der Waals surface area contributed by atoms with Gasteiger partial charge in [-0.25, -0.2) is 0 Å². The molecule has 2 rings (SSSR count). The third-order valence-electron chi connectivity index (χ3n) is 4.61. The van der Waals surface area contributed by atoms with Gasteiger partial charge < -0.3 is 9.47 Å². The molecule has 0 aromatic heterocycles. The molecule has 2 unspecified atom stereocenters. The second kappa shape index (κ2) is 8.79. The zero-order valence-corrected chi connectivity index (χ0v) is 15.2. The minimum absolute atomic E-state index is 0.00325. The van der Waals surface area contributed by atoms with Gasteiger partial charge in [0.1, 0.15) is 12.4 Å². The number of unbranched alkanes of at least 4 members (excludes halogenated alkanes) is 1. The predicted molar refractivity (Wildman–Crippen MR) is 93.3 cm³/mol. The Morgan fingerprint density at radius 2 is 1.80 bits per heavy atom. The molecule has 136 valence electrons. The normalized spacial score (nSPS) is 20.6. The minimum atomic E-state index is -0.495. The first kappa shape index (κ1) is 19.2. The molecule has 0 saturated carbocycles. The van der Waals surface area contributed by atoms with Gasteiger partial charge in [0.25, 0.3) is 0 Å². The Balaban J connectivity index is 2.37. The SMILES string of the molecule is CCCCC1C(=O)Oc2ccc(C(C)=O)cc2COC(=O)C1CCC. The van der Waals surface area contributed by atoms with E-state index >= 15 is 0 Å². The van der Waals surface area contributed by atoms with Gasteiger partial charge in [-0.3, -0.25) is 14.4 Å². The summed E-state index contributed by atoms with van der Waals surface area (Å²) < 4.78 is 11.1. The molecule has 0 radical (unpaired) electrons. The van der Waals surface area contributed by atoms with E-state index in [-0.39, 0.29) is 24.3 Å². The zero-order chi connectivity index (χ0) is 18.4. The van der Waals surface area contributed by atoms with Crippen LogP contribution >= 0.6 is 0 Å². The summed E-state index contributed by atoms with van der Waals surface area (Å²) >= 11 is 0. The van der Waals surface area contributed by atoms with E-state index in [4.69, 9.17) is 9.47 Å². The van der Waals surface area contributed by atoms with E-state index in [0.29, 0.717) is 29.7 Å². The lowest BCUT2D eigenvalue weighted by atomic mass is 9.85. The molecular weight excluding hydrogens is 320 g/mol. The van der Waals surface area contributed by atoms with Crippen LogP contribution in [0.1, 0.15) is 68.8 Å². The summed E-state index contributed by atoms with van der Waals surface area (Å²) in [7, 11) is 0. The standard InChI is InChI=1S/C20H26O5/c1-4-6-8-17-16(7-5-2)19(22)24-12-15-11-14(13(3)21)9-10-18(15)25-20(17)23/h9-11,16-17H,4-8,12H2,1-3H3. The summed E-state index contributed by atoms with van der Waals surface area (Å²) in [6.07, 6.45) is 3.78. The van der Waals surface area contributed by atoms with Crippen LogP contribution in [0.25, 0.3) is 0 Å². The van der Waals surface area contributed by atoms with E-state index in [1.807, 2.05) is 13.8 Å². The molecule has 5 heteroatoms. The molecule has 1 aliphatic rings. The number of hydrogen-bond donors (Lipinski definition) is 0. The van der Waals surface area contributed by atoms with Crippen molar-refractivity contribution in [2.75, 3.05) is 0 Å². The topological polar surface area (TPSA) is 69.7 Å². The molecule has 1 heterocycles. The Morgan fingerprint density at radius 3 is 2.44 bits per heavy atom.